The zero-order valence-electron chi connectivity index (χ0n) is 21.0. The first-order valence-corrected chi connectivity index (χ1v) is 12.1. The molecule has 0 radical (unpaired) electrons. The summed E-state index contributed by atoms with van der Waals surface area (Å²) in [6.45, 7) is 11.2. The molecular formula is C26H37N3O6. The zero-order chi connectivity index (χ0) is 25.8. The van der Waals surface area contributed by atoms with Gasteiger partial charge < -0.3 is 20.1 Å². The number of aliphatic hydroxyl groups excluding tert-OH is 1. The van der Waals surface area contributed by atoms with Gasteiger partial charge in [0, 0.05) is 17.9 Å². The summed E-state index contributed by atoms with van der Waals surface area (Å²) in [7, 11) is 0. The van der Waals surface area contributed by atoms with Crippen LogP contribution in [0.2, 0.25) is 0 Å². The van der Waals surface area contributed by atoms with Crippen LogP contribution in [0.5, 0.6) is 0 Å². The fraction of sp³-hybridized carbons (Fsp3) is 0.577. The van der Waals surface area contributed by atoms with E-state index in [9.17, 15) is 19.5 Å². The molecule has 0 aromatic heterocycles. The molecule has 35 heavy (non-hydrogen) atoms. The number of hydrogen-bond acceptors (Lipinski definition) is 7. The van der Waals surface area contributed by atoms with Gasteiger partial charge in [0.1, 0.15) is 24.3 Å². The summed E-state index contributed by atoms with van der Waals surface area (Å²) < 4.78 is 5.38. The van der Waals surface area contributed by atoms with Crippen LogP contribution in [0.4, 0.5) is 0 Å². The van der Waals surface area contributed by atoms with Crippen molar-refractivity contribution >= 4 is 17.8 Å². The number of ether oxygens (including phenoxy) is 1. The van der Waals surface area contributed by atoms with Gasteiger partial charge in [0.25, 0.3) is 0 Å². The van der Waals surface area contributed by atoms with E-state index in [0.717, 1.165) is 5.56 Å². The SMILES string of the molecule is C=CCCC(=O)N1C[C@@H](O)[C@H]2ON(Cc3ccccc3)[C@H](C(=O)OCC)[C@H]2[C@@H]1C(=O)NC(C)(C)C. The van der Waals surface area contributed by atoms with Crippen LogP contribution in [0.15, 0.2) is 43.0 Å². The Morgan fingerprint density at radius 3 is 2.51 bits per heavy atom. The highest BCUT2D eigenvalue weighted by molar-refractivity contribution is 5.90. The molecule has 0 unspecified atom stereocenters. The molecule has 5 atom stereocenters. The Morgan fingerprint density at radius 2 is 1.91 bits per heavy atom. The topological polar surface area (TPSA) is 108 Å². The van der Waals surface area contributed by atoms with Crippen LogP contribution in [-0.4, -0.2) is 75.8 Å². The fourth-order valence-electron chi connectivity index (χ4n) is 4.76. The van der Waals surface area contributed by atoms with Crippen LogP contribution >= 0.6 is 0 Å². The van der Waals surface area contributed by atoms with E-state index in [1.807, 2.05) is 51.1 Å². The molecule has 2 heterocycles. The Hall–Kier alpha value is -2.75. The van der Waals surface area contributed by atoms with E-state index in [-0.39, 0.29) is 32.0 Å². The van der Waals surface area contributed by atoms with Crippen molar-refractivity contribution < 1.29 is 29.1 Å². The number of rotatable bonds is 8. The highest BCUT2D eigenvalue weighted by atomic mass is 16.7. The molecule has 2 N–H and O–H groups in total. The second-order valence-electron chi connectivity index (χ2n) is 10.0. The normalized spacial score (nSPS) is 26.7. The summed E-state index contributed by atoms with van der Waals surface area (Å²) in [4.78, 5) is 47.5. The molecule has 2 amide bonds. The van der Waals surface area contributed by atoms with E-state index >= 15 is 0 Å². The molecular weight excluding hydrogens is 450 g/mol. The van der Waals surface area contributed by atoms with E-state index in [2.05, 4.69) is 11.9 Å². The van der Waals surface area contributed by atoms with Gasteiger partial charge in [-0.2, -0.15) is 5.06 Å². The van der Waals surface area contributed by atoms with E-state index in [1.165, 1.54) is 9.96 Å². The van der Waals surface area contributed by atoms with Gasteiger partial charge in [-0.25, -0.2) is 0 Å². The molecule has 9 nitrogen and oxygen atoms in total. The van der Waals surface area contributed by atoms with Crippen molar-refractivity contribution in [3.8, 4) is 0 Å². The van der Waals surface area contributed by atoms with Crippen molar-refractivity contribution in [3.63, 3.8) is 0 Å². The van der Waals surface area contributed by atoms with Crippen LogP contribution < -0.4 is 5.32 Å². The van der Waals surface area contributed by atoms with Gasteiger partial charge in [-0.1, -0.05) is 36.4 Å². The van der Waals surface area contributed by atoms with E-state index in [0.29, 0.717) is 6.42 Å². The van der Waals surface area contributed by atoms with Gasteiger partial charge in [-0.3, -0.25) is 19.2 Å². The van der Waals surface area contributed by atoms with Gasteiger partial charge >= 0.3 is 5.97 Å². The summed E-state index contributed by atoms with van der Waals surface area (Å²) in [6.07, 6.45) is 0.278. The third kappa shape index (κ3) is 6.28. The number of piperidine rings is 1. The Bertz CT molecular complexity index is 915. The van der Waals surface area contributed by atoms with Gasteiger partial charge in [0.05, 0.1) is 19.7 Å². The number of benzene rings is 1. The summed E-state index contributed by atoms with van der Waals surface area (Å²) in [5.41, 5.74) is 0.325. The number of amides is 2. The molecule has 192 valence electrons. The molecule has 9 heteroatoms. The lowest BCUT2D eigenvalue weighted by Gasteiger charge is -2.44. The maximum Gasteiger partial charge on any atom is 0.326 e. The van der Waals surface area contributed by atoms with Gasteiger partial charge in [0.15, 0.2) is 0 Å². The monoisotopic (exact) mass is 487 g/mol. The molecule has 2 fully saturated rings. The van der Waals surface area contributed by atoms with Crippen LogP contribution in [0.25, 0.3) is 0 Å². The lowest BCUT2D eigenvalue weighted by Crippen LogP contribution is -2.67. The summed E-state index contributed by atoms with van der Waals surface area (Å²) in [5.74, 6) is -2.07. The molecule has 3 rings (SSSR count). The third-order valence-electron chi connectivity index (χ3n) is 6.13. The number of aliphatic hydroxyl groups is 1. The third-order valence-corrected chi connectivity index (χ3v) is 6.13. The molecule has 0 spiro atoms. The summed E-state index contributed by atoms with van der Waals surface area (Å²) in [5, 5.41) is 15.5. The molecule has 0 bridgehead atoms. The highest BCUT2D eigenvalue weighted by Crippen LogP contribution is 2.40. The Balaban J connectivity index is 2.04. The number of allylic oxidation sites excluding steroid dienone is 1. The molecule has 2 aliphatic heterocycles. The fourth-order valence-corrected chi connectivity index (χ4v) is 4.76. The molecule has 0 saturated carbocycles. The molecule has 1 aromatic carbocycles. The number of esters is 1. The average Bonchev–Trinajstić information content (AvgIpc) is 3.16. The van der Waals surface area contributed by atoms with Gasteiger partial charge in [-0.05, 0) is 39.7 Å². The van der Waals surface area contributed by atoms with Crippen molar-refractivity contribution in [2.45, 2.75) is 76.9 Å². The second-order valence-corrected chi connectivity index (χ2v) is 10.0. The number of hydrogen-bond donors (Lipinski definition) is 2. The minimum Gasteiger partial charge on any atom is -0.465 e. The molecule has 2 aliphatic rings. The van der Waals surface area contributed by atoms with E-state index in [1.54, 1.807) is 13.0 Å². The van der Waals surface area contributed by atoms with Crippen molar-refractivity contribution in [2.75, 3.05) is 13.2 Å². The lowest BCUT2D eigenvalue weighted by molar-refractivity contribution is -0.205. The zero-order valence-corrected chi connectivity index (χ0v) is 21.0. The smallest absolute Gasteiger partial charge is 0.326 e. The van der Waals surface area contributed by atoms with Crippen molar-refractivity contribution in [1.29, 1.82) is 0 Å². The maximum atomic E-state index is 13.6. The van der Waals surface area contributed by atoms with Crippen LogP contribution in [-0.2, 0) is 30.5 Å². The first kappa shape index (κ1) is 26.8. The molecule has 0 aliphatic carbocycles. The van der Waals surface area contributed by atoms with Crippen molar-refractivity contribution in [3.05, 3.63) is 48.6 Å². The van der Waals surface area contributed by atoms with E-state index < -0.39 is 47.6 Å². The summed E-state index contributed by atoms with van der Waals surface area (Å²) in [6, 6.07) is 7.45. The van der Waals surface area contributed by atoms with Crippen LogP contribution in [0.3, 0.4) is 0 Å². The number of carbonyl (C=O) groups is 3. The number of fused-ring (bicyclic) bond motifs is 1. The number of likely N-dealkylation sites (tertiary alicyclic amines) is 1. The Kier molecular flexibility index (Phi) is 8.69. The number of hydroxylamine groups is 2. The Labute approximate surface area is 207 Å². The minimum absolute atomic E-state index is 0.0753. The number of nitrogens with one attached hydrogen (secondary N) is 1. The first-order chi connectivity index (χ1) is 16.6. The quantitative estimate of drug-likeness (QED) is 0.425. The predicted molar refractivity (Wildman–Crippen MR) is 130 cm³/mol. The minimum atomic E-state index is -1.08. The lowest BCUT2D eigenvalue weighted by atomic mass is 9.79. The standard InChI is InChI=1S/C26H37N3O6/c1-6-8-14-19(31)28-16-18(30)23-20(21(28)24(32)27-26(3,4)5)22(25(33)34-7-2)29(35-23)15-17-12-10-9-11-13-17/h6,9-13,18,20-23,30H,1,7-8,14-16H2,2-5H3,(H,27,32)/t18-,20-,21-,22+,23-/m1/s1. The highest BCUT2D eigenvalue weighted by Gasteiger charge is 2.60. The van der Waals surface area contributed by atoms with Crippen molar-refractivity contribution in [2.24, 2.45) is 5.92 Å². The second kappa shape index (κ2) is 11.3. The summed E-state index contributed by atoms with van der Waals surface area (Å²) >= 11 is 0. The molecule has 1 aromatic rings. The average molecular weight is 488 g/mol. The number of β-amino-alcohol motifs (C(OH)–C–C–N with tert-alkyl or cyclic N) is 1. The van der Waals surface area contributed by atoms with Crippen LogP contribution in [0, 0.1) is 5.92 Å². The largest absolute Gasteiger partial charge is 0.465 e. The van der Waals surface area contributed by atoms with Gasteiger partial charge in [-0.15, -0.1) is 6.58 Å². The van der Waals surface area contributed by atoms with Crippen molar-refractivity contribution in [1.82, 2.24) is 15.3 Å². The van der Waals surface area contributed by atoms with Gasteiger partial charge in [0.2, 0.25) is 11.8 Å². The predicted octanol–water partition coefficient (Wildman–Crippen LogP) is 1.80. The maximum absolute atomic E-state index is 13.6. The number of carbonyl (C=O) groups excluding carboxylic acids is 3. The molecule has 2 saturated heterocycles. The Morgan fingerprint density at radius 1 is 1.23 bits per heavy atom. The number of nitrogens with zero attached hydrogens (tertiary/aromatic N) is 2. The first-order valence-electron chi connectivity index (χ1n) is 12.1. The van der Waals surface area contributed by atoms with E-state index in [4.69, 9.17) is 9.57 Å². The van der Waals surface area contributed by atoms with Crippen LogP contribution in [0.1, 0.15) is 46.1 Å².